The summed E-state index contributed by atoms with van der Waals surface area (Å²) in [6.07, 6.45) is 11.6. The lowest BCUT2D eigenvalue weighted by molar-refractivity contribution is -0.309. The highest BCUT2D eigenvalue weighted by Crippen LogP contribution is 2.30. The molecule has 5 atom stereocenters. The van der Waals surface area contributed by atoms with E-state index in [-0.39, 0.29) is 59.5 Å². The van der Waals surface area contributed by atoms with Gasteiger partial charge in [0.2, 0.25) is 0 Å². The highest BCUT2D eigenvalue weighted by atomic mass is 16.7. The molecule has 0 aromatic heterocycles. The number of carbonyl (C=O) groups is 4. The monoisotopic (exact) mass is 778 g/mol. The molecule has 2 N–H and O–H groups in total. The second-order valence-corrected chi connectivity index (χ2v) is 14.1. The first kappa shape index (κ1) is 49.6. The van der Waals surface area contributed by atoms with Gasteiger partial charge < -0.3 is 52.8 Å². The molecule has 0 aliphatic carbocycles. The van der Waals surface area contributed by atoms with Crippen molar-refractivity contribution in [3.63, 3.8) is 0 Å². The summed E-state index contributed by atoms with van der Waals surface area (Å²) in [6.45, 7) is 7.03. The Morgan fingerprint density at radius 1 is 0.537 bits per heavy atom. The number of aliphatic hydroxyl groups is 2. The first-order chi connectivity index (χ1) is 26.0. The van der Waals surface area contributed by atoms with Crippen molar-refractivity contribution in [3.05, 3.63) is 0 Å². The van der Waals surface area contributed by atoms with Gasteiger partial charge >= 0.3 is 23.9 Å². The number of ether oxygens (including phenoxy) is 9. The molecular formula is C39H70O15. The molecule has 0 bridgehead atoms. The molecule has 0 radical (unpaired) electrons. The highest BCUT2D eigenvalue weighted by Gasteiger charge is 2.52. The molecule has 0 aromatic carbocycles. The van der Waals surface area contributed by atoms with E-state index in [1.807, 2.05) is 0 Å². The van der Waals surface area contributed by atoms with E-state index in [4.69, 9.17) is 42.6 Å². The van der Waals surface area contributed by atoms with Crippen molar-refractivity contribution in [2.45, 2.75) is 155 Å². The standard InChI is InChI=1S/C39H70O15/c1-6-7-8-9-10-11-12-13-14-15-16-17-18-19-20-47-28-39(26-40,27-41)29-48-22-21-46-23-24-49-38-37(53-33(5)45)36(52-32(4)44)35(51-31(3)43)34(54-38)25-50-30(2)42/h34-38,40-41H,6-29H2,1-5H3/t34-,35-,36+,37+,38+/m1/s1. The minimum Gasteiger partial charge on any atom is -0.463 e. The van der Waals surface area contributed by atoms with E-state index in [1.165, 1.54) is 84.0 Å². The highest BCUT2D eigenvalue weighted by molar-refractivity contribution is 5.68. The van der Waals surface area contributed by atoms with Crippen molar-refractivity contribution in [2.24, 2.45) is 5.41 Å². The zero-order valence-electron chi connectivity index (χ0n) is 33.6. The SMILES string of the molecule is CCCCCCCCCCCCCCCCOCC(CO)(CO)COCCOCCO[C@H]1O[C@H](COC(C)=O)[C@@H](OC(C)=O)[C@H](OC(C)=O)[C@@H]1OC(C)=O. The minimum absolute atomic E-state index is 0.0575. The number of carbonyl (C=O) groups excluding carboxylic acids is 4. The summed E-state index contributed by atoms with van der Waals surface area (Å²) in [7, 11) is 0. The molecule has 1 aliphatic heterocycles. The molecule has 1 aliphatic rings. The van der Waals surface area contributed by atoms with E-state index >= 15 is 0 Å². The van der Waals surface area contributed by atoms with Crippen LogP contribution in [0.5, 0.6) is 0 Å². The van der Waals surface area contributed by atoms with Gasteiger partial charge in [-0.1, -0.05) is 90.4 Å². The van der Waals surface area contributed by atoms with Gasteiger partial charge in [0, 0.05) is 34.3 Å². The number of aliphatic hydroxyl groups excluding tert-OH is 2. The molecule has 1 fully saturated rings. The second-order valence-electron chi connectivity index (χ2n) is 14.1. The Labute approximate surface area is 322 Å². The van der Waals surface area contributed by atoms with Gasteiger partial charge in [-0.3, -0.25) is 19.2 Å². The summed E-state index contributed by atoms with van der Waals surface area (Å²) < 4.78 is 50.0. The normalized spacial score (nSPS) is 20.0. The average Bonchev–Trinajstić information content (AvgIpc) is 3.12. The van der Waals surface area contributed by atoms with Crippen molar-refractivity contribution in [3.8, 4) is 0 Å². The average molecular weight is 779 g/mol. The zero-order valence-corrected chi connectivity index (χ0v) is 33.6. The zero-order chi connectivity index (χ0) is 40.0. The lowest BCUT2D eigenvalue weighted by Crippen LogP contribution is -2.63. The van der Waals surface area contributed by atoms with Gasteiger partial charge in [0.05, 0.1) is 58.3 Å². The largest absolute Gasteiger partial charge is 0.463 e. The summed E-state index contributed by atoms with van der Waals surface area (Å²) in [5, 5.41) is 20.0. The molecule has 0 amide bonds. The Morgan fingerprint density at radius 2 is 0.981 bits per heavy atom. The number of esters is 4. The fourth-order valence-corrected chi connectivity index (χ4v) is 6.02. The van der Waals surface area contributed by atoms with Crippen molar-refractivity contribution in [1.82, 2.24) is 0 Å². The maximum atomic E-state index is 12.0. The van der Waals surface area contributed by atoms with Gasteiger partial charge in [0.1, 0.15) is 12.7 Å². The van der Waals surface area contributed by atoms with Crippen LogP contribution in [0.2, 0.25) is 0 Å². The van der Waals surface area contributed by atoms with E-state index in [0.29, 0.717) is 6.61 Å². The van der Waals surface area contributed by atoms with Crippen LogP contribution in [0, 0.1) is 5.41 Å². The molecule has 15 heteroatoms. The summed E-state index contributed by atoms with van der Waals surface area (Å²) in [4.78, 5) is 47.3. The van der Waals surface area contributed by atoms with Crippen LogP contribution < -0.4 is 0 Å². The minimum atomic E-state index is -1.33. The molecular weight excluding hydrogens is 708 g/mol. The van der Waals surface area contributed by atoms with Crippen LogP contribution in [0.3, 0.4) is 0 Å². The van der Waals surface area contributed by atoms with Crippen LogP contribution in [-0.4, -0.2) is 131 Å². The van der Waals surface area contributed by atoms with Gasteiger partial charge in [-0.15, -0.1) is 0 Å². The summed E-state index contributed by atoms with van der Waals surface area (Å²) in [5.41, 5.74) is -0.936. The maximum absolute atomic E-state index is 12.0. The predicted molar refractivity (Wildman–Crippen MR) is 197 cm³/mol. The lowest BCUT2D eigenvalue weighted by atomic mass is 9.92. The van der Waals surface area contributed by atoms with Crippen LogP contribution in [-0.2, 0) is 61.8 Å². The molecule has 15 nitrogen and oxygen atoms in total. The summed E-state index contributed by atoms with van der Waals surface area (Å²) in [6, 6.07) is 0. The lowest BCUT2D eigenvalue weighted by Gasteiger charge is -2.44. The molecule has 1 rings (SSSR count). The van der Waals surface area contributed by atoms with Gasteiger partial charge in [-0.25, -0.2) is 0 Å². The van der Waals surface area contributed by atoms with Crippen LogP contribution in [0.15, 0.2) is 0 Å². The first-order valence-electron chi connectivity index (χ1n) is 19.9. The molecule has 316 valence electrons. The third-order valence-electron chi connectivity index (χ3n) is 8.96. The Morgan fingerprint density at radius 3 is 1.48 bits per heavy atom. The van der Waals surface area contributed by atoms with Crippen molar-refractivity contribution >= 4 is 23.9 Å². The van der Waals surface area contributed by atoms with Gasteiger partial charge in [0.15, 0.2) is 24.6 Å². The quantitative estimate of drug-likeness (QED) is 0.0534. The summed E-state index contributed by atoms with van der Waals surface area (Å²) >= 11 is 0. The van der Waals surface area contributed by atoms with Crippen LogP contribution in [0.1, 0.15) is 125 Å². The van der Waals surface area contributed by atoms with Crippen molar-refractivity contribution < 1.29 is 72.0 Å². The number of rotatable bonds is 33. The Kier molecular flexibility index (Phi) is 28.3. The topological polar surface area (TPSA) is 192 Å². The molecule has 1 saturated heterocycles. The van der Waals surface area contributed by atoms with E-state index in [2.05, 4.69) is 6.92 Å². The molecule has 0 unspecified atom stereocenters. The Balaban J connectivity index is 2.39. The Hall–Kier alpha value is -2.40. The van der Waals surface area contributed by atoms with Crippen molar-refractivity contribution in [1.29, 1.82) is 0 Å². The Bertz CT molecular complexity index is 1000. The summed E-state index contributed by atoms with van der Waals surface area (Å²) in [5.74, 6) is -2.83. The second kappa shape index (κ2) is 30.8. The van der Waals surface area contributed by atoms with E-state index in [1.54, 1.807) is 0 Å². The third kappa shape index (κ3) is 22.9. The van der Waals surface area contributed by atoms with Gasteiger partial charge in [0.25, 0.3) is 0 Å². The van der Waals surface area contributed by atoms with Crippen LogP contribution >= 0.6 is 0 Å². The predicted octanol–water partition coefficient (Wildman–Crippen LogP) is 4.59. The fourth-order valence-electron chi connectivity index (χ4n) is 6.02. The van der Waals surface area contributed by atoms with Gasteiger partial charge in [-0.05, 0) is 6.42 Å². The molecule has 1 heterocycles. The van der Waals surface area contributed by atoms with Gasteiger partial charge in [-0.2, -0.15) is 0 Å². The van der Waals surface area contributed by atoms with Crippen LogP contribution in [0.4, 0.5) is 0 Å². The number of hydrogen-bond acceptors (Lipinski definition) is 15. The maximum Gasteiger partial charge on any atom is 0.303 e. The smallest absolute Gasteiger partial charge is 0.303 e. The fraction of sp³-hybridized carbons (Fsp3) is 0.897. The third-order valence-corrected chi connectivity index (χ3v) is 8.96. The number of unbranched alkanes of at least 4 members (excludes halogenated alkanes) is 13. The molecule has 54 heavy (non-hydrogen) atoms. The van der Waals surface area contributed by atoms with E-state index in [9.17, 15) is 29.4 Å². The first-order valence-corrected chi connectivity index (χ1v) is 19.9. The number of hydrogen-bond donors (Lipinski definition) is 2. The van der Waals surface area contributed by atoms with Crippen LogP contribution in [0.25, 0.3) is 0 Å². The van der Waals surface area contributed by atoms with E-state index < -0.39 is 60.0 Å². The molecule has 0 saturated carbocycles. The molecule has 0 spiro atoms. The van der Waals surface area contributed by atoms with E-state index in [0.717, 1.165) is 33.6 Å². The van der Waals surface area contributed by atoms with Crippen molar-refractivity contribution in [2.75, 3.05) is 66.1 Å². The molecule has 0 aromatic rings.